The largest absolute Gasteiger partial charge is 0.339 e. The molecule has 2 aliphatic rings. The molecule has 7 nitrogen and oxygen atoms in total. The number of carbonyl (C=O) groups excluding carboxylic acids is 2. The summed E-state index contributed by atoms with van der Waals surface area (Å²) in [7, 11) is 1.92. The predicted molar refractivity (Wildman–Crippen MR) is 170 cm³/mol. The highest BCUT2D eigenvalue weighted by Crippen LogP contribution is 2.32. The van der Waals surface area contributed by atoms with Gasteiger partial charge in [-0.2, -0.15) is 0 Å². The van der Waals surface area contributed by atoms with Crippen molar-refractivity contribution in [2.45, 2.75) is 70.8 Å². The first-order chi connectivity index (χ1) is 20.5. The first-order valence-corrected chi connectivity index (χ1v) is 15.8. The highest BCUT2D eigenvalue weighted by molar-refractivity contribution is 7.14. The van der Waals surface area contributed by atoms with Gasteiger partial charge in [-0.3, -0.25) is 9.59 Å². The summed E-state index contributed by atoms with van der Waals surface area (Å²) in [4.78, 5) is 39.3. The maximum atomic E-state index is 13.1. The molecular formula is C34H37N5O2S. The third-order valence-corrected chi connectivity index (χ3v) is 9.80. The number of amides is 2. The van der Waals surface area contributed by atoms with E-state index in [4.69, 9.17) is 4.98 Å². The van der Waals surface area contributed by atoms with Crippen molar-refractivity contribution in [1.29, 1.82) is 0 Å². The molecule has 0 atom stereocenters. The van der Waals surface area contributed by atoms with E-state index >= 15 is 0 Å². The molecule has 2 aromatic heterocycles. The molecule has 2 N–H and O–H groups in total. The van der Waals surface area contributed by atoms with Gasteiger partial charge in [0.05, 0.1) is 10.6 Å². The minimum Gasteiger partial charge on any atom is -0.339 e. The van der Waals surface area contributed by atoms with Gasteiger partial charge >= 0.3 is 0 Å². The van der Waals surface area contributed by atoms with E-state index in [1.54, 1.807) is 17.5 Å². The van der Waals surface area contributed by atoms with Gasteiger partial charge in [-0.15, -0.1) is 11.3 Å². The summed E-state index contributed by atoms with van der Waals surface area (Å²) >= 11 is 1.62. The number of hydrogen-bond donors (Lipinski definition) is 2. The van der Waals surface area contributed by atoms with Gasteiger partial charge in [-0.25, -0.2) is 9.97 Å². The quantitative estimate of drug-likeness (QED) is 0.233. The number of rotatable bonds is 7. The van der Waals surface area contributed by atoms with Gasteiger partial charge in [-0.1, -0.05) is 31.4 Å². The molecule has 1 saturated carbocycles. The average Bonchev–Trinajstić information content (AvgIpc) is 3.47. The first-order valence-electron chi connectivity index (χ1n) is 15.0. The van der Waals surface area contributed by atoms with Crippen LogP contribution >= 0.6 is 11.3 Å². The molecule has 2 heterocycles. The first kappa shape index (κ1) is 28.1. The third kappa shape index (κ3) is 6.09. The molecule has 0 radical (unpaired) electrons. The highest BCUT2D eigenvalue weighted by Gasteiger charge is 2.23. The van der Waals surface area contributed by atoms with Crippen LogP contribution in [0, 0.1) is 6.92 Å². The predicted octanol–water partition coefficient (Wildman–Crippen LogP) is 7.79. The molecule has 8 heteroatoms. The number of hydrogen-bond acceptors (Lipinski definition) is 6. The van der Waals surface area contributed by atoms with Gasteiger partial charge in [0, 0.05) is 46.7 Å². The topological polar surface area (TPSA) is 87.2 Å². The van der Waals surface area contributed by atoms with Crippen LogP contribution in [-0.2, 0) is 12.8 Å². The molecule has 2 aliphatic carbocycles. The summed E-state index contributed by atoms with van der Waals surface area (Å²) < 4.78 is 0. The molecule has 4 aromatic rings. The van der Waals surface area contributed by atoms with Crippen molar-refractivity contribution in [2.24, 2.45) is 0 Å². The van der Waals surface area contributed by atoms with Crippen LogP contribution < -0.4 is 10.6 Å². The van der Waals surface area contributed by atoms with Crippen LogP contribution in [0.15, 0.2) is 60.8 Å². The fourth-order valence-electron chi connectivity index (χ4n) is 6.07. The van der Waals surface area contributed by atoms with Gasteiger partial charge < -0.3 is 15.5 Å². The van der Waals surface area contributed by atoms with Crippen molar-refractivity contribution in [3.8, 4) is 11.3 Å². The van der Waals surface area contributed by atoms with Crippen LogP contribution in [0.25, 0.3) is 11.3 Å². The van der Waals surface area contributed by atoms with E-state index in [1.165, 1.54) is 42.5 Å². The number of fused-ring (bicyclic) bond motifs is 1. The minimum atomic E-state index is -0.0634. The number of carbonyl (C=O) groups is 2. The van der Waals surface area contributed by atoms with E-state index < -0.39 is 0 Å². The van der Waals surface area contributed by atoms with E-state index in [2.05, 4.69) is 21.7 Å². The second-order valence-corrected chi connectivity index (χ2v) is 12.5. The van der Waals surface area contributed by atoms with Crippen LogP contribution in [0.3, 0.4) is 0 Å². The van der Waals surface area contributed by atoms with Crippen molar-refractivity contribution >= 4 is 40.5 Å². The van der Waals surface area contributed by atoms with E-state index in [0.717, 1.165) is 58.8 Å². The Balaban J connectivity index is 1.14. The average molecular weight is 580 g/mol. The van der Waals surface area contributed by atoms with E-state index in [1.807, 2.05) is 67.4 Å². The maximum absolute atomic E-state index is 13.1. The normalized spacial score (nSPS) is 15.1. The zero-order chi connectivity index (χ0) is 29.1. The Morgan fingerprint density at radius 3 is 2.52 bits per heavy atom. The van der Waals surface area contributed by atoms with Gasteiger partial charge in [0.2, 0.25) is 5.95 Å². The standard InChI is InChI=1S/C34H37N5O2S/c1-22-27(12-8-13-28(22)37-32(40)31-21-24-9-6-7-14-30(24)42-31)29-19-20-35-34(38-29)36-25-17-15-23(16-18-25)33(41)39(2)26-10-4-3-5-11-26/h8,12-13,15-21,26H,3-7,9-11,14H2,1-2H3,(H,37,40)(H,35,36,38). The fraction of sp³-hybridized carbons (Fsp3) is 0.353. The van der Waals surface area contributed by atoms with Crippen LogP contribution in [0.4, 0.5) is 17.3 Å². The Morgan fingerprint density at radius 1 is 0.952 bits per heavy atom. The molecule has 0 unspecified atom stereocenters. The number of nitrogens with zero attached hydrogens (tertiary/aromatic N) is 3. The number of nitrogens with one attached hydrogen (secondary N) is 2. The van der Waals surface area contributed by atoms with Crippen molar-refractivity contribution < 1.29 is 9.59 Å². The van der Waals surface area contributed by atoms with Crippen molar-refractivity contribution in [2.75, 3.05) is 17.7 Å². The Morgan fingerprint density at radius 2 is 1.74 bits per heavy atom. The molecule has 2 aromatic carbocycles. The molecule has 6 rings (SSSR count). The number of anilines is 3. The van der Waals surface area contributed by atoms with Gasteiger partial charge in [0.25, 0.3) is 11.8 Å². The molecule has 216 valence electrons. The summed E-state index contributed by atoms with van der Waals surface area (Å²) in [5, 5.41) is 6.39. The Hall–Kier alpha value is -4.04. The summed E-state index contributed by atoms with van der Waals surface area (Å²) in [6, 6.07) is 17.6. The molecular weight excluding hydrogens is 542 g/mol. The van der Waals surface area contributed by atoms with Crippen LogP contribution in [-0.4, -0.2) is 39.8 Å². The Kier molecular flexibility index (Phi) is 8.33. The second-order valence-electron chi connectivity index (χ2n) is 11.4. The van der Waals surface area contributed by atoms with E-state index in [-0.39, 0.29) is 11.8 Å². The molecule has 0 aliphatic heterocycles. The zero-order valence-electron chi connectivity index (χ0n) is 24.3. The molecule has 0 bridgehead atoms. The lowest BCUT2D eigenvalue weighted by atomic mass is 9.94. The molecule has 0 saturated heterocycles. The van der Waals surface area contributed by atoms with Gasteiger partial charge in [0.1, 0.15) is 0 Å². The summed E-state index contributed by atoms with van der Waals surface area (Å²) in [6.07, 6.45) is 12.1. The van der Waals surface area contributed by atoms with Crippen molar-refractivity contribution in [1.82, 2.24) is 14.9 Å². The third-order valence-electron chi connectivity index (χ3n) is 8.56. The molecule has 0 spiro atoms. The van der Waals surface area contributed by atoms with Crippen LogP contribution in [0.1, 0.15) is 81.0 Å². The lowest BCUT2D eigenvalue weighted by Gasteiger charge is -2.31. The summed E-state index contributed by atoms with van der Waals surface area (Å²) in [6.45, 7) is 2.00. The molecule has 42 heavy (non-hydrogen) atoms. The number of aromatic nitrogens is 2. The Bertz CT molecular complexity index is 1570. The van der Waals surface area contributed by atoms with Crippen molar-refractivity contribution in [3.63, 3.8) is 0 Å². The maximum Gasteiger partial charge on any atom is 0.265 e. The molecule has 1 fully saturated rings. The van der Waals surface area contributed by atoms with Crippen molar-refractivity contribution in [3.05, 3.63) is 87.2 Å². The lowest BCUT2D eigenvalue weighted by molar-refractivity contribution is 0.0696. The monoisotopic (exact) mass is 579 g/mol. The van der Waals surface area contributed by atoms with Gasteiger partial charge in [-0.05, 0) is 99.0 Å². The smallest absolute Gasteiger partial charge is 0.265 e. The summed E-state index contributed by atoms with van der Waals surface area (Å²) in [5.41, 5.74) is 6.22. The Labute approximate surface area is 251 Å². The second kappa shape index (κ2) is 12.4. The SMILES string of the molecule is Cc1c(NC(=O)c2cc3c(s2)CCCC3)cccc1-c1ccnc(Nc2ccc(C(=O)N(C)C3CCCCC3)cc2)n1. The summed E-state index contributed by atoms with van der Waals surface area (Å²) in [5.74, 6) is 0.461. The number of benzene rings is 2. The fourth-order valence-corrected chi connectivity index (χ4v) is 7.22. The van der Waals surface area contributed by atoms with Gasteiger partial charge in [0.15, 0.2) is 0 Å². The van der Waals surface area contributed by atoms with E-state index in [9.17, 15) is 9.59 Å². The molecule has 2 amide bonds. The highest BCUT2D eigenvalue weighted by atomic mass is 32.1. The number of thiophene rings is 1. The minimum absolute atomic E-state index is 0.0628. The van der Waals surface area contributed by atoms with E-state index in [0.29, 0.717) is 17.6 Å². The van der Waals surface area contributed by atoms with Crippen LogP contribution in [0.5, 0.6) is 0 Å². The van der Waals surface area contributed by atoms with Crippen LogP contribution in [0.2, 0.25) is 0 Å². The number of aryl methyl sites for hydroxylation is 2. The lowest BCUT2D eigenvalue weighted by Crippen LogP contribution is -2.38. The zero-order valence-corrected chi connectivity index (χ0v) is 25.1.